The molecule has 2 aliphatic rings. The van der Waals surface area contributed by atoms with Crippen LogP contribution in [0.5, 0.6) is 0 Å². The van der Waals surface area contributed by atoms with Crippen LogP contribution in [0, 0.1) is 5.92 Å². The molecule has 19 heavy (non-hydrogen) atoms. The fourth-order valence-electron chi connectivity index (χ4n) is 2.98. The van der Waals surface area contributed by atoms with E-state index in [0.29, 0.717) is 38.8 Å². The minimum Gasteiger partial charge on any atom is -0.378 e. The Labute approximate surface area is 115 Å². The average Bonchev–Trinajstić information content (AvgIpc) is 2.48. The van der Waals surface area contributed by atoms with Crippen molar-refractivity contribution in [3.63, 3.8) is 0 Å². The molecule has 1 saturated heterocycles. The van der Waals surface area contributed by atoms with Gasteiger partial charge in [-0.15, -0.1) is 0 Å². The van der Waals surface area contributed by atoms with Gasteiger partial charge in [-0.1, -0.05) is 12.8 Å². The zero-order valence-electron chi connectivity index (χ0n) is 11.8. The predicted octanol–water partition coefficient (Wildman–Crippen LogP) is 0.768. The molecule has 1 heterocycles. The molecule has 2 fully saturated rings. The summed E-state index contributed by atoms with van der Waals surface area (Å²) in [6.45, 7) is 5.14. The first-order valence-electron chi connectivity index (χ1n) is 7.44. The molecule has 0 aromatic rings. The van der Waals surface area contributed by atoms with E-state index >= 15 is 0 Å². The number of ether oxygens (including phenoxy) is 2. The van der Waals surface area contributed by atoms with E-state index in [1.165, 1.54) is 12.8 Å². The molecule has 5 nitrogen and oxygen atoms in total. The van der Waals surface area contributed by atoms with Crippen molar-refractivity contribution in [3.05, 3.63) is 0 Å². The van der Waals surface area contributed by atoms with Crippen molar-refractivity contribution in [2.75, 3.05) is 32.8 Å². The highest BCUT2D eigenvalue weighted by Gasteiger charge is 2.30. The first-order chi connectivity index (χ1) is 9.22. The van der Waals surface area contributed by atoms with E-state index in [9.17, 15) is 4.79 Å². The fraction of sp³-hybridized carbons (Fsp3) is 0.929. The Balaban J connectivity index is 1.84. The van der Waals surface area contributed by atoms with Gasteiger partial charge in [0.15, 0.2) is 0 Å². The maximum atomic E-state index is 12.3. The molecule has 3 atom stereocenters. The monoisotopic (exact) mass is 270 g/mol. The van der Waals surface area contributed by atoms with Crippen molar-refractivity contribution in [2.24, 2.45) is 11.7 Å². The number of amides is 1. The van der Waals surface area contributed by atoms with Crippen LogP contribution in [0.1, 0.15) is 32.6 Å². The molecule has 110 valence electrons. The zero-order valence-corrected chi connectivity index (χ0v) is 11.8. The fourth-order valence-corrected chi connectivity index (χ4v) is 2.98. The van der Waals surface area contributed by atoms with Crippen molar-refractivity contribution in [2.45, 2.75) is 44.8 Å². The maximum absolute atomic E-state index is 12.3. The topological polar surface area (TPSA) is 64.8 Å². The first kappa shape index (κ1) is 14.8. The molecule has 1 aliphatic heterocycles. The molecular formula is C14H26N2O3. The summed E-state index contributed by atoms with van der Waals surface area (Å²) in [6, 6.07) is 0. The molecule has 5 heteroatoms. The van der Waals surface area contributed by atoms with Gasteiger partial charge in [0.2, 0.25) is 0 Å². The second-order valence-corrected chi connectivity index (χ2v) is 5.53. The summed E-state index contributed by atoms with van der Waals surface area (Å²) < 4.78 is 11.3. The van der Waals surface area contributed by atoms with Gasteiger partial charge in [-0.05, 0) is 32.2 Å². The highest BCUT2D eigenvalue weighted by Crippen LogP contribution is 2.27. The Morgan fingerprint density at radius 3 is 2.74 bits per heavy atom. The van der Waals surface area contributed by atoms with Crippen LogP contribution in [-0.2, 0) is 14.3 Å². The van der Waals surface area contributed by atoms with E-state index in [0.717, 1.165) is 12.8 Å². The first-order valence-corrected chi connectivity index (χ1v) is 7.44. The van der Waals surface area contributed by atoms with Gasteiger partial charge in [0.1, 0.15) is 6.10 Å². The van der Waals surface area contributed by atoms with Crippen molar-refractivity contribution in [1.82, 2.24) is 4.90 Å². The highest BCUT2D eigenvalue weighted by atomic mass is 16.5. The Morgan fingerprint density at radius 2 is 2.05 bits per heavy atom. The van der Waals surface area contributed by atoms with Crippen LogP contribution >= 0.6 is 0 Å². The van der Waals surface area contributed by atoms with Crippen molar-refractivity contribution >= 4 is 5.91 Å². The maximum Gasteiger partial charge on any atom is 0.251 e. The van der Waals surface area contributed by atoms with Gasteiger partial charge < -0.3 is 20.1 Å². The molecule has 0 bridgehead atoms. The molecule has 0 spiro atoms. The molecule has 2 N–H and O–H groups in total. The number of morpholine rings is 1. The third-order valence-electron chi connectivity index (χ3n) is 4.19. The predicted molar refractivity (Wildman–Crippen MR) is 72.7 cm³/mol. The van der Waals surface area contributed by atoms with Gasteiger partial charge in [0, 0.05) is 13.1 Å². The molecule has 1 amide bonds. The van der Waals surface area contributed by atoms with Gasteiger partial charge in [-0.2, -0.15) is 0 Å². The lowest BCUT2D eigenvalue weighted by Crippen LogP contribution is -2.47. The Bertz CT molecular complexity index is 292. The Morgan fingerprint density at radius 1 is 1.37 bits per heavy atom. The standard InChI is InChI=1S/C14H26N2O3/c1-11(14(17)16-6-8-18-9-7-16)19-13-5-3-2-4-12(13)10-15/h11-13H,2-10,15H2,1H3. The summed E-state index contributed by atoms with van der Waals surface area (Å²) in [7, 11) is 0. The third kappa shape index (κ3) is 3.91. The largest absolute Gasteiger partial charge is 0.378 e. The summed E-state index contributed by atoms with van der Waals surface area (Å²) in [5.74, 6) is 0.498. The lowest BCUT2D eigenvalue weighted by molar-refractivity contribution is -0.153. The Kier molecular flexibility index (Phi) is 5.60. The van der Waals surface area contributed by atoms with Crippen LogP contribution in [-0.4, -0.2) is 55.9 Å². The number of hydrogen-bond donors (Lipinski definition) is 1. The number of nitrogens with two attached hydrogens (primary N) is 1. The molecule has 3 unspecified atom stereocenters. The van der Waals surface area contributed by atoms with E-state index in [1.807, 2.05) is 11.8 Å². The molecule has 0 aromatic carbocycles. The molecule has 2 rings (SSSR count). The third-order valence-corrected chi connectivity index (χ3v) is 4.19. The summed E-state index contributed by atoms with van der Waals surface area (Å²) in [4.78, 5) is 14.1. The summed E-state index contributed by atoms with van der Waals surface area (Å²) in [5.41, 5.74) is 5.80. The lowest BCUT2D eigenvalue weighted by atomic mass is 9.86. The van der Waals surface area contributed by atoms with E-state index < -0.39 is 0 Å². The molecular weight excluding hydrogens is 244 g/mol. The SMILES string of the molecule is CC(OC1CCCCC1CN)C(=O)N1CCOCC1. The smallest absolute Gasteiger partial charge is 0.251 e. The van der Waals surface area contributed by atoms with Gasteiger partial charge >= 0.3 is 0 Å². The van der Waals surface area contributed by atoms with Crippen molar-refractivity contribution in [1.29, 1.82) is 0 Å². The highest BCUT2D eigenvalue weighted by molar-refractivity contribution is 5.80. The summed E-state index contributed by atoms with van der Waals surface area (Å²) in [5, 5.41) is 0. The molecule has 1 aliphatic carbocycles. The Hall–Kier alpha value is -0.650. The van der Waals surface area contributed by atoms with E-state index in [1.54, 1.807) is 0 Å². The second-order valence-electron chi connectivity index (χ2n) is 5.53. The second kappa shape index (κ2) is 7.22. The van der Waals surface area contributed by atoms with Crippen LogP contribution in [0.15, 0.2) is 0 Å². The van der Waals surface area contributed by atoms with E-state index in [2.05, 4.69) is 0 Å². The zero-order chi connectivity index (χ0) is 13.7. The average molecular weight is 270 g/mol. The minimum absolute atomic E-state index is 0.0876. The van der Waals surface area contributed by atoms with Crippen LogP contribution in [0.25, 0.3) is 0 Å². The quantitative estimate of drug-likeness (QED) is 0.819. The van der Waals surface area contributed by atoms with Crippen LogP contribution < -0.4 is 5.73 Å². The van der Waals surface area contributed by atoms with Crippen molar-refractivity contribution < 1.29 is 14.3 Å². The molecule has 1 saturated carbocycles. The normalized spacial score (nSPS) is 30.1. The van der Waals surface area contributed by atoms with Crippen LogP contribution in [0.3, 0.4) is 0 Å². The van der Waals surface area contributed by atoms with Crippen molar-refractivity contribution in [3.8, 4) is 0 Å². The van der Waals surface area contributed by atoms with Crippen LogP contribution in [0.4, 0.5) is 0 Å². The van der Waals surface area contributed by atoms with E-state index in [4.69, 9.17) is 15.2 Å². The number of hydrogen-bond acceptors (Lipinski definition) is 4. The number of rotatable bonds is 4. The minimum atomic E-state index is -0.366. The molecule has 0 aromatic heterocycles. The number of nitrogens with zero attached hydrogens (tertiary/aromatic N) is 1. The van der Waals surface area contributed by atoms with Gasteiger partial charge in [0.05, 0.1) is 19.3 Å². The van der Waals surface area contributed by atoms with Crippen LogP contribution in [0.2, 0.25) is 0 Å². The van der Waals surface area contributed by atoms with Gasteiger partial charge in [0.25, 0.3) is 5.91 Å². The van der Waals surface area contributed by atoms with Gasteiger partial charge in [-0.3, -0.25) is 4.79 Å². The lowest BCUT2D eigenvalue weighted by Gasteiger charge is -2.34. The summed E-state index contributed by atoms with van der Waals surface area (Å²) >= 11 is 0. The number of carbonyl (C=O) groups excluding carboxylic acids is 1. The number of carbonyl (C=O) groups is 1. The van der Waals surface area contributed by atoms with E-state index in [-0.39, 0.29) is 18.1 Å². The summed E-state index contributed by atoms with van der Waals surface area (Å²) in [6.07, 6.45) is 4.35. The van der Waals surface area contributed by atoms with Gasteiger partial charge in [-0.25, -0.2) is 0 Å². The molecule has 0 radical (unpaired) electrons.